The van der Waals surface area contributed by atoms with Crippen LogP contribution >= 0.6 is 11.6 Å². The van der Waals surface area contributed by atoms with Crippen LogP contribution in [0.25, 0.3) is 0 Å². The summed E-state index contributed by atoms with van der Waals surface area (Å²) in [7, 11) is 1.72. The molecule has 0 bridgehead atoms. The molecule has 0 aliphatic carbocycles. The fraction of sp³-hybridized carbons (Fsp3) is 0.294. The first-order valence-electron chi connectivity index (χ1n) is 6.91. The Balaban J connectivity index is 2.05. The van der Waals surface area contributed by atoms with Gasteiger partial charge in [0.1, 0.15) is 5.75 Å². The minimum Gasteiger partial charge on any atom is -0.497 e. The summed E-state index contributed by atoms with van der Waals surface area (Å²) in [6.45, 7) is 1.96. The van der Waals surface area contributed by atoms with E-state index >= 15 is 0 Å². The number of benzene rings is 2. The third-order valence-electron chi connectivity index (χ3n) is 3.92. The number of nitrogens with one attached hydrogen (secondary N) is 1. The average molecular weight is 288 g/mol. The number of halogens is 1. The molecule has 20 heavy (non-hydrogen) atoms. The Hall–Kier alpha value is -1.51. The van der Waals surface area contributed by atoms with E-state index in [9.17, 15) is 0 Å². The van der Waals surface area contributed by atoms with Crippen LogP contribution in [0.4, 0.5) is 0 Å². The number of fused-ring (bicyclic) bond motifs is 1. The van der Waals surface area contributed by atoms with Gasteiger partial charge in [-0.2, -0.15) is 0 Å². The molecule has 0 aromatic heterocycles. The fourth-order valence-corrected chi connectivity index (χ4v) is 2.95. The molecule has 0 saturated carbocycles. The largest absolute Gasteiger partial charge is 0.497 e. The van der Waals surface area contributed by atoms with Crippen LogP contribution in [0.5, 0.6) is 5.75 Å². The molecular formula is C17H18ClNO. The smallest absolute Gasteiger partial charge is 0.119 e. The maximum absolute atomic E-state index is 6.00. The van der Waals surface area contributed by atoms with E-state index in [1.807, 2.05) is 18.2 Å². The quantitative estimate of drug-likeness (QED) is 0.911. The fourth-order valence-electron chi connectivity index (χ4n) is 2.82. The van der Waals surface area contributed by atoms with Gasteiger partial charge in [-0.3, -0.25) is 0 Å². The lowest BCUT2D eigenvalue weighted by atomic mass is 9.88. The van der Waals surface area contributed by atoms with Gasteiger partial charge in [-0.1, -0.05) is 29.8 Å². The lowest BCUT2D eigenvalue weighted by molar-refractivity contribution is 0.414. The molecule has 0 spiro atoms. The van der Waals surface area contributed by atoms with Crippen LogP contribution < -0.4 is 10.1 Å². The van der Waals surface area contributed by atoms with Gasteiger partial charge in [0.25, 0.3) is 0 Å². The SMILES string of the molecule is COc1ccc2c(c1)C(c1ccc(Cl)cc1)CNCC2. The van der Waals surface area contributed by atoms with Crippen LogP contribution in [0, 0.1) is 0 Å². The maximum Gasteiger partial charge on any atom is 0.119 e. The summed E-state index contributed by atoms with van der Waals surface area (Å²) in [4.78, 5) is 0. The van der Waals surface area contributed by atoms with Crippen LogP contribution in [0.2, 0.25) is 5.02 Å². The molecule has 0 radical (unpaired) electrons. The monoisotopic (exact) mass is 287 g/mol. The number of rotatable bonds is 2. The van der Waals surface area contributed by atoms with Crippen molar-refractivity contribution in [2.45, 2.75) is 12.3 Å². The zero-order valence-electron chi connectivity index (χ0n) is 11.5. The second-order valence-corrected chi connectivity index (χ2v) is 5.56. The van der Waals surface area contributed by atoms with Gasteiger partial charge in [0, 0.05) is 17.5 Å². The number of ether oxygens (including phenoxy) is 1. The highest BCUT2D eigenvalue weighted by Gasteiger charge is 2.20. The molecule has 2 aromatic rings. The van der Waals surface area contributed by atoms with Gasteiger partial charge in [-0.15, -0.1) is 0 Å². The summed E-state index contributed by atoms with van der Waals surface area (Å²) in [6, 6.07) is 14.5. The Labute approximate surface area is 124 Å². The molecule has 3 heteroatoms. The molecule has 104 valence electrons. The first kappa shape index (κ1) is 13.5. The topological polar surface area (TPSA) is 21.3 Å². The second-order valence-electron chi connectivity index (χ2n) is 5.12. The van der Waals surface area contributed by atoms with E-state index in [0.29, 0.717) is 5.92 Å². The third-order valence-corrected chi connectivity index (χ3v) is 4.17. The van der Waals surface area contributed by atoms with Gasteiger partial charge in [0.05, 0.1) is 7.11 Å². The minimum atomic E-state index is 0.347. The summed E-state index contributed by atoms with van der Waals surface area (Å²) in [5, 5.41) is 4.30. The summed E-state index contributed by atoms with van der Waals surface area (Å²) >= 11 is 6.00. The molecule has 1 atom stereocenters. The van der Waals surface area contributed by atoms with Crippen molar-refractivity contribution in [1.29, 1.82) is 0 Å². The predicted octanol–water partition coefficient (Wildman–Crippen LogP) is 3.63. The Kier molecular flexibility index (Phi) is 3.95. The molecule has 3 rings (SSSR count). The van der Waals surface area contributed by atoms with Gasteiger partial charge in [0.15, 0.2) is 0 Å². The van der Waals surface area contributed by atoms with E-state index in [2.05, 4.69) is 29.6 Å². The Morgan fingerprint density at radius 2 is 1.95 bits per heavy atom. The Morgan fingerprint density at radius 1 is 1.15 bits per heavy atom. The number of hydrogen-bond acceptors (Lipinski definition) is 2. The molecule has 2 nitrogen and oxygen atoms in total. The molecule has 1 unspecified atom stereocenters. The maximum atomic E-state index is 6.00. The van der Waals surface area contributed by atoms with Crippen molar-refractivity contribution in [3.63, 3.8) is 0 Å². The molecule has 1 aliphatic rings. The highest BCUT2D eigenvalue weighted by atomic mass is 35.5. The number of hydrogen-bond donors (Lipinski definition) is 1. The first-order chi connectivity index (χ1) is 9.78. The molecular weight excluding hydrogens is 270 g/mol. The van der Waals surface area contributed by atoms with Gasteiger partial charge in [-0.25, -0.2) is 0 Å². The van der Waals surface area contributed by atoms with Crippen molar-refractivity contribution < 1.29 is 4.74 Å². The van der Waals surface area contributed by atoms with Crippen molar-refractivity contribution in [2.75, 3.05) is 20.2 Å². The van der Waals surface area contributed by atoms with Crippen molar-refractivity contribution in [3.8, 4) is 5.75 Å². The van der Waals surface area contributed by atoms with E-state index in [1.54, 1.807) is 7.11 Å². The average Bonchev–Trinajstić information content (AvgIpc) is 2.69. The minimum absolute atomic E-state index is 0.347. The normalized spacial score (nSPS) is 18.2. The molecule has 1 aliphatic heterocycles. The summed E-state index contributed by atoms with van der Waals surface area (Å²) in [5.41, 5.74) is 4.05. The standard InChI is InChI=1S/C17H18ClNO/c1-20-15-7-4-13-8-9-19-11-17(16(13)10-15)12-2-5-14(18)6-3-12/h2-7,10,17,19H,8-9,11H2,1H3. The molecule has 0 fully saturated rings. The van der Waals surface area contributed by atoms with E-state index in [0.717, 1.165) is 30.3 Å². The summed E-state index contributed by atoms with van der Waals surface area (Å²) in [6.07, 6.45) is 1.06. The van der Waals surface area contributed by atoms with Crippen molar-refractivity contribution in [1.82, 2.24) is 5.32 Å². The van der Waals surface area contributed by atoms with Crippen LogP contribution in [0.1, 0.15) is 22.6 Å². The van der Waals surface area contributed by atoms with Gasteiger partial charge in [-0.05, 0) is 53.9 Å². The molecule has 0 saturated heterocycles. The van der Waals surface area contributed by atoms with Gasteiger partial charge in [0.2, 0.25) is 0 Å². The molecule has 2 aromatic carbocycles. The van der Waals surface area contributed by atoms with Crippen LogP contribution in [-0.4, -0.2) is 20.2 Å². The predicted molar refractivity (Wildman–Crippen MR) is 82.9 cm³/mol. The molecule has 1 N–H and O–H groups in total. The van der Waals surface area contributed by atoms with E-state index < -0.39 is 0 Å². The molecule has 1 heterocycles. The van der Waals surface area contributed by atoms with Crippen LogP contribution in [-0.2, 0) is 6.42 Å². The van der Waals surface area contributed by atoms with Crippen LogP contribution in [0.3, 0.4) is 0 Å². The van der Waals surface area contributed by atoms with E-state index in [-0.39, 0.29) is 0 Å². The van der Waals surface area contributed by atoms with Crippen LogP contribution in [0.15, 0.2) is 42.5 Å². The van der Waals surface area contributed by atoms with Gasteiger partial charge >= 0.3 is 0 Å². The summed E-state index contributed by atoms with van der Waals surface area (Å²) in [5.74, 6) is 1.27. The van der Waals surface area contributed by atoms with Gasteiger partial charge < -0.3 is 10.1 Å². The summed E-state index contributed by atoms with van der Waals surface area (Å²) < 4.78 is 5.38. The number of methoxy groups -OCH3 is 1. The Bertz CT molecular complexity index is 594. The molecule has 0 amide bonds. The van der Waals surface area contributed by atoms with E-state index in [4.69, 9.17) is 16.3 Å². The lowest BCUT2D eigenvalue weighted by Gasteiger charge is -2.19. The Morgan fingerprint density at radius 3 is 2.70 bits per heavy atom. The first-order valence-corrected chi connectivity index (χ1v) is 7.28. The highest BCUT2D eigenvalue weighted by Crippen LogP contribution is 2.32. The van der Waals surface area contributed by atoms with Crippen molar-refractivity contribution >= 4 is 11.6 Å². The zero-order valence-corrected chi connectivity index (χ0v) is 12.3. The van der Waals surface area contributed by atoms with Crippen molar-refractivity contribution in [3.05, 3.63) is 64.2 Å². The van der Waals surface area contributed by atoms with Crippen molar-refractivity contribution in [2.24, 2.45) is 0 Å². The highest BCUT2D eigenvalue weighted by molar-refractivity contribution is 6.30. The lowest BCUT2D eigenvalue weighted by Crippen LogP contribution is -2.20. The zero-order chi connectivity index (χ0) is 13.9. The second kappa shape index (κ2) is 5.86. The third kappa shape index (κ3) is 2.67. The van der Waals surface area contributed by atoms with E-state index in [1.165, 1.54) is 16.7 Å².